The van der Waals surface area contributed by atoms with Gasteiger partial charge in [0.05, 0.1) is 17.6 Å². The summed E-state index contributed by atoms with van der Waals surface area (Å²) < 4.78 is 25.1. The smallest absolute Gasteiger partial charge is 0.232 e. The molecule has 1 heterocycles. The molecule has 19 heavy (non-hydrogen) atoms. The minimum absolute atomic E-state index is 0.0165. The molecular weight excluding hydrogens is 264 g/mol. The Morgan fingerprint density at radius 1 is 1.21 bits per heavy atom. The minimum Gasteiger partial charge on any atom is -0.310 e. The van der Waals surface area contributed by atoms with Gasteiger partial charge in [0.2, 0.25) is 15.9 Å². The Hall–Kier alpha value is -1.56. The van der Waals surface area contributed by atoms with Crippen LogP contribution in [0, 0.1) is 0 Å². The summed E-state index contributed by atoms with van der Waals surface area (Å²) in [5, 5.41) is 0. The summed E-state index contributed by atoms with van der Waals surface area (Å²) in [6, 6.07) is 7.15. The fraction of sp³-hybridized carbons (Fsp3) is 0.462. The van der Waals surface area contributed by atoms with Crippen LogP contribution in [-0.2, 0) is 14.8 Å². The van der Waals surface area contributed by atoms with Gasteiger partial charge < -0.3 is 4.90 Å². The van der Waals surface area contributed by atoms with Crippen molar-refractivity contribution in [2.24, 2.45) is 0 Å². The van der Waals surface area contributed by atoms with Gasteiger partial charge in [-0.2, -0.15) is 0 Å². The Bertz CT molecular complexity index is 583. The normalized spacial score (nSPS) is 15.9. The Kier molecular flexibility index (Phi) is 3.80. The van der Waals surface area contributed by atoms with E-state index in [0.29, 0.717) is 37.3 Å². The van der Waals surface area contributed by atoms with Gasteiger partial charge in [0.25, 0.3) is 0 Å². The molecule has 1 aromatic carbocycles. The topological polar surface area (TPSA) is 57.7 Å². The second kappa shape index (κ2) is 5.21. The van der Waals surface area contributed by atoms with Gasteiger partial charge in [-0.1, -0.05) is 19.1 Å². The van der Waals surface area contributed by atoms with Crippen molar-refractivity contribution in [1.82, 2.24) is 0 Å². The molecule has 5 nitrogen and oxygen atoms in total. The summed E-state index contributed by atoms with van der Waals surface area (Å²) in [5.41, 5.74) is 1.27. The van der Waals surface area contributed by atoms with E-state index in [1.54, 1.807) is 23.1 Å². The van der Waals surface area contributed by atoms with Crippen LogP contribution in [0.2, 0.25) is 0 Å². The fourth-order valence-corrected chi connectivity index (χ4v) is 3.28. The zero-order valence-corrected chi connectivity index (χ0v) is 12.0. The molecule has 1 aromatic rings. The molecule has 0 spiro atoms. The van der Waals surface area contributed by atoms with Crippen molar-refractivity contribution in [2.75, 3.05) is 28.6 Å². The monoisotopic (exact) mass is 282 g/mol. The number of benzene rings is 1. The summed E-state index contributed by atoms with van der Waals surface area (Å²) in [4.78, 5) is 13.7. The van der Waals surface area contributed by atoms with E-state index in [2.05, 4.69) is 0 Å². The number of rotatable bonds is 2. The number of carbonyl (C=O) groups is 1. The summed E-state index contributed by atoms with van der Waals surface area (Å²) in [6.45, 7) is 2.77. The molecule has 0 bridgehead atoms. The molecule has 0 fully saturated rings. The maximum Gasteiger partial charge on any atom is 0.232 e. The van der Waals surface area contributed by atoms with Crippen LogP contribution in [0.4, 0.5) is 11.4 Å². The molecule has 6 heteroatoms. The van der Waals surface area contributed by atoms with Crippen LogP contribution in [0.1, 0.15) is 19.8 Å². The average Bonchev–Trinajstić information content (AvgIpc) is 2.56. The molecule has 0 aliphatic carbocycles. The molecule has 104 valence electrons. The highest BCUT2D eigenvalue weighted by Crippen LogP contribution is 2.33. The first kappa shape index (κ1) is 13.9. The predicted molar refractivity (Wildman–Crippen MR) is 75.9 cm³/mol. The number of sulfonamides is 1. The molecular formula is C13H18N2O3S. The van der Waals surface area contributed by atoms with Gasteiger partial charge >= 0.3 is 0 Å². The van der Waals surface area contributed by atoms with E-state index in [1.165, 1.54) is 10.6 Å². The lowest BCUT2D eigenvalue weighted by atomic mass is 10.2. The number of hydrogen-bond acceptors (Lipinski definition) is 3. The van der Waals surface area contributed by atoms with Crippen LogP contribution >= 0.6 is 0 Å². The highest BCUT2D eigenvalue weighted by Gasteiger charge is 2.27. The van der Waals surface area contributed by atoms with Crippen molar-refractivity contribution in [2.45, 2.75) is 19.8 Å². The number of fused-ring (bicyclic) bond motifs is 1. The molecule has 1 aliphatic rings. The average molecular weight is 282 g/mol. The highest BCUT2D eigenvalue weighted by molar-refractivity contribution is 7.92. The molecule has 0 radical (unpaired) electrons. The van der Waals surface area contributed by atoms with Crippen molar-refractivity contribution in [3.63, 3.8) is 0 Å². The molecule has 2 rings (SSSR count). The maximum atomic E-state index is 12.0. The zero-order chi connectivity index (χ0) is 14.0. The standard InChI is InChI=1S/C13H18N2O3S/c1-3-13(16)14-9-6-10-15(19(2,17)18)12-8-5-4-7-11(12)14/h4-5,7-8H,3,6,9-10H2,1-2H3. The van der Waals surface area contributed by atoms with Crippen molar-refractivity contribution < 1.29 is 13.2 Å². The Morgan fingerprint density at radius 3 is 2.42 bits per heavy atom. The molecule has 0 saturated carbocycles. The van der Waals surface area contributed by atoms with E-state index in [0.717, 1.165) is 0 Å². The summed E-state index contributed by atoms with van der Waals surface area (Å²) in [6.07, 6.45) is 2.24. The molecule has 0 saturated heterocycles. The SMILES string of the molecule is CCC(=O)N1CCCN(S(C)(=O)=O)c2ccccc21. The van der Waals surface area contributed by atoms with E-state index in [9.17, 15) is 13.2 Å². The van der Waals surface area contributed by atoms with E-state index in [4.69, 9.17) is 0 Å². The van der Waals surface area contributed by atoms with Crippen molar-refractivity contribution in [3.05, 3.63) is 24.3 Å². The van der Waals surface area contributed by atoms with Gasteiger partial charge in [0, 0.05) is 19.5 Å². The van der Waals surface area contributed by atoms with E-state index in [-0.39, 0.29) is 5.91 Å². The fourth-order valence-electron chi connectivity index (χ4n) is 2.31. The van der Waals surface area contributed by atoms with Crippen LogP contribution in [0.3, 0.4) is 0 Å². The highest BCUT2D eigenvalue weighted by atomic mass is 32.2. The summed E-state index contributed by atoms with van der Waals surface area (Å²) >= 11 is 0. The second-order valence-electron chi connectivity index (χ2n) is 4.58. The van der Waals surface area contributed by atoms with Crippen LogP contribution in [-0.4, -0.2) is 33.7 Å². The van der Waals surface area contributed by atoms with Gasteiger partial charge in [-0.3, -0.25) is 9.10 Å². The van der Waals surface area contributed by atoms with Gasteiger partial charge in [-0.15, -0.1) is 0 Å². The van der Waals surface area contributed by atoms with Crippen molar-refractivity contribution >= 4 is 27.3 Å². The van der Waals surface area contributed by atoms with Gasteiger partial charge in [-0.25, -0.2) is 8.42 Å². The lowest BCUT2D eigenvalue weighted by Gasteiger charge is -2.25. The second-order valence-corrected chi connectivity index (χ2v) is 6.48. The Morgan fingerprint density at radius 2 is 1.84 bits per heavy atom. The van der Waals surface area contributed by atoms with Gasteiger partial charge in [0.15, 0.2) is 0 Å². The third-order valence-corrected chi connectivity index (χ3v) is 4.37. The molecule has 1 amide bonds. The van der Waals surface area contributed by atoms with Crippen LogP contribution < -0.4 is 9.21 Å². The van der Waals surface area contributed by atoms with E-state index in [1.807, 2.05) is 13.0 Å². The first-order valence-electron chi connectivity index (χ1n) is 6.32. The third kappa shape index (κ3) is 2.73. The lowest BCUT2D eigenvalue weighted by molar-refractivity contribution is -0.118. The van der Waals surface area contributed by atoms with E-state index < -0.39 is 10.0 Å². The number of carbonyl (C=O) groups excluding carboxylic acids is 1. The largest absolute Gasteiger partial charge is 0.310 e. The number of para-hydroxylation sites is 2. The van der Waals surface area contributed by atoms with Crippen molar-refractivity contribution in [1.29, 1.82) is 0 Å². The van der Waals surface area contributed by atoms with Gasteiger partial charge in [0.1, 0.15) is 0 Å². The minimum atomic E-state index is -3.32. The van der Waals surface area contributed by atoms with Gasteiger partial charge in [-0.05, 0) is 18.6 Å². The third-order valence-electron chi connectivity index (χ3n) is 3.19. The molecule has 0 aromatic heterocycles. The first-order chi connectivity index (χ1) is 8.95. The first-order valence-corrected chi connectivity index (χ1v) is 8.17. The summed E-state index contributed by atoms with van der Waals surface area (Å²) in [5.74, 6) is 0.0165. The Balaban J connectivity index is 2.54. The summed E-state index contributed by atoms with van der Waals surface area (Å²) in [7, 11) is -3.32. The number of anilines is 2. The zero-order valence-electron chi connectivity index (χ0n) is 11.2. The molecule has 1 aliphatic heterocycles. The number of hydrogen-bond donors (Lipinski definition) is 0. The lowest BCUT2D eigenvalue weighted by Crippen LogP contribution is -2.30. The Labute approximate surface area is 113 Å². The van der Waals surface area contributed by atoms with Crippen molar-refractivity contribution in [3.8, 4) is 0 Å². The molecule has 0 N–H and O–H groups in total. The van der Waals surface area contributed by atoms with Crippen LogP contribution in [0.15, 0.2) is 24.3 Å². The number of amides is 1. The quantitative estimate of drug-likeness (QED) is 0.828. The van der Waals surface area contributed by atoms with E-state index >= 15 is 0 Å². The number of nitrogens with zero attached hydrogens (tertiary/aromatic N) is 2. The molecule has 0 atom stereocenters. The molecule has 0 unspecified atom stereocenters. The van der Waals surface area contributed by atoms with Crippen LogP contribution in [0.5, 0.6) is 0 Å². The predicted octanol–water partition coefficient (Wildman–Crippen LogP) is 1.60. The maximum absolute atomic E-state index is 12.0. The van der Waals surface area contributed by atoms with Crippen LogP contribution in [0.25, 0.3) is 0 Å².